The minimum Gasteiger partial charge on any atom is -0.480 e. The van der Waals surface area contributed by atoms with Crippen molar-refractivity contribution < 1.29 is 19.5 Å². The summed E-state index contributed by atoms with van der Waals surface area (Å²) in [5, 5.41) is 10.8. The Kier molecular flexibility index (Phi) is 6.52. The van der Waals surface area contributed by atoms with Gasteiger partial charge in [0.15, 0.2) is 0 Å². The van der Waals surface area contributed by atoms with Gasteiger partial charge in [0.2, 0.25) is 5.91 Å². The molecule has 0 atom stereocenters. The molecule has 126 valence electrons. The van der Waals surface area contributed by atoms with Crippen molar-refractivity contribution in [1.82, 2.24) is 10.2 Å². The zero-order chi connectivity index (χ0) is 17.7. The van der Waals surface area contributed by atoms with Crippen LogP contribution in [0.2, 0.25) is 0 Å². The number of hydrogen-bond acceptors (Lipinski definition) is 5. The fraction of sp³-hybridized carbons (Fsp3) is 0.200. The lowest BCUT2D eigenvalue weighted by Gasteiger charge is -2.13. The highest BCUT2D eigenvalue weighted by atomic mass is 79.9. The van der Waals surface area contributed by atoms with E-state index < -0.39 is 18.4 Å². The molecule has 1 aromatic carbocycles. The molecular weight excluding hydrogens is 416 g/mol. The minimum atomic E-state index is -1.12. The van der Waals surface area contributed by atoms with Crippen LogP contribution in [0.15, 0.2) is 33.6 Å². The zero-order valence-corrected chi connectivity index (χ0v) is 15.5. The van der Waals surface area contributed by atoms with Crippen LogP contribution < -0.4 is 5.32 Å². The number of amides is 2. The number of carboxylic acids is 1. The lowest BCUT2D eigenvalue weighted by molar-refractivity contribution is -0.138. The molecule has 1 saturated heterocycles. The van der Waals surface area contributed by atoms with Crippen molar-refractivity contribution >= 4 is 68.1 Å². The lowest BCUT2D eigenvalue weighted by atomic mass is 10.2. The largest absolute Gasteiger partial charge is 0.480 e. The molecule has 1 fully saturated rings. The predicted molar refractivity (Wildman–Crippen MR) is 99.3 cm³/mol. The van der Waals surface area contributed by atoms with E-state index in [1.165, 1.54) is 16.7 Å². The molecule has 1 heterocycles. The number of thiocarbonyl (C=S) groups is 1. The van der Waals surface area contributed by atoms with Crippen LogP contribution in [-0.2, 0) is 14.4 Å². The topological polar surface area (TPSA) is 86.7 Å². The van der Waals surface area contributed by atoms with Gasteiger partial charge in [-0.15, -0.1) is 0 Å². The number of carboxylic acid groups (broad SMARTS) is 1. The van der Waals surface area contributed by atoms with E-state index in [0.717, 1.165) is 10.0 Å². The highest BCUT2D eigenvalue weighted by molar-refractivity contribution is 9.10. The second kappa shape index (κ2) is 8.41. The standard InChI is InChI=1S/C15H13BrN2O4S2/c16-10-3-1-2-9(6-10)7-11-14(22)18(15(23)24-11)5-4-12(19)17-8-13(20)21/h1-3,6-7H,4-5,8H2,(H,17,19)(H,20,21)/b11-7-. The van der Waals surface area contributed by atoms with E-state index in [4.69, 9.17) is 17.3 Å². The van der Waals surface area contributed by atoms with Gasteiger partial charge in [0.05, 0.1) is 4.91 Å². The van der Waals surface area contributed by atoms with Gasteiger partial charge >= 0.3 is 5.97 Å². The second-order valence-electron chi connectivity index (χ2n) is 4.81. The Balaban J connectivity index is 1.98. The number of halogens is 1. The molecule has 1 aliphatic heterocycles. The molecule has 2 amide bonds. The summed E-state index contributed by atoms with van der Waals surface area (Å²) in [7, 11) is 0. The number of rotatable bonds is 6. The minimum absolute atomic E-state index is 0.0100. The molecule has 0 radical (unpaired) electrons. The van der Waals surface area contributed by atoms with Gasteiger partial charge in [0.1, 0.15) is 10.9 Å². The first-order valence-corrected chi connectivity index (χ1v) is 8.88. The van der Waals surface area contributed by atoms with Gasteiger partial charge in [-0.1, -0.05) is 52.0 Å². The summed E-state index contributed by atoms with van der Waals surface area (Å²) in [5.74, 6) is -1.82. The first-order chi connectivity index (χ1) is 11.4. The van der Waals surface area contributed by atoms with Crippen LogP contribution in [0.3, 0.4) is 0 Å². The number of thioether (sulfide) groups is 1. The van der Waals surface area contributed by atoms with E-state index in [9.17, 15) is 14.4 Å². The fourth-order valence-electron chi connectivity index (χ4n) is 1.92. The van der Waals surface area contributed by atoms with Crippen molar-refractivity contribution in [1.29, 1.82) is 0 Å². The Morgan fingerprint density at radius 3 is 2.83 bits per heavy atom. The van der Waals surface area contributed by atoms with Gasteiger partial charge in [-0.2, -0.15) is 0 Å². The zero-order valence-electron chi connectivity index (χ0n) is 12.3. The van der Waals surface area contributed by atoms with E-state index in [-0.39, 0.29) is 18.9 Å². The summed E-state index contributed by atoms with van der Waals surface area (Å²) >= 11 is 9.74. The summed E-state index contributed by atoms with van der Waals surface area (Å²) in [6, 6.07) is 7.50. The van der Waals surface area contributed by atoms with E-state index in [2.05, 4.69) is 21.2 Å². The summed E-state index contributed by atoms with van der Waals surface area (Å²) in [5.41, 5.74) is 0.865. The third kappa shape index (κ3) is 5.15. The Bertz CT molecular complexity index is 736. The second-order valence-corrected chi connectivity index (χ2v) is 7.40. The molecule has 2 N–H and O–H groups in total. The van der Waals surface area contributed by atoms with Gasteiger partial charge < -0.3 is 10.4 Å². The number of nitrogens with zero attached hydrogens (tertiary/aromatic N) is 1. The van der Waals surface area contributed by atoms with Crippen molar-refractivity contribution in [2.45, 2.75) is 6.42 Å². The summed E-state index contributed by atoms with van der Waals surface area (Å²) in [6.45, 7) is -0.327. The lowest BCUT2D eigenvalue weighted by Crippen LogP contribution is -2.35. The third-order valence-corrected chi connectivity index (χ3v) is 4.89. The average Bonchev–Trinajstić information content (AvgIpc) is 2.77. The van der Waals surface area contributed by atoms with E-state index in [1.54, 1.807) is 6.08 Å². The Labute approximate surface area is 156 Å². The maximum absolute atomic E-state index is 12.4. The maximum atomic E-state index is 12.4. The van der Waals surface area contributed by atoms with Crippen molar-refractivity contribution in [3.8, 4) is 0 Å². The van der Waals surface area contributed by atoms with Gasteiger partial charge in [-0.25, -0.2) is 0 Å². The molecule has 0 aromatic heterocycles. The highest BCUT2D eigenvalue weighted by Crippen LogP contribution is 2.32. The molecule has 2 rings (SSSR count). The van der Waals surface area contributed by atoms with Crippen LogP contribution in [0.4, 0.5) is 0 Å². The number of hydrogen-bond donors (Lipinski definition) is 2. The van der Waals surface area contributed by atoms with E-state index in [0.29, 0.717) is 9.23 Å². The van der Waals surface area contributed by atoms with E-state index >= 15 is 0 Å². The Hall–Kier alpha value is -1.71. The number of carbonyl (C=O) groups excluding carboxylic acids is 2. The Morgan fingerprint density at radius 2 is 2.17 bits per heavy atom. The molecule has 0 aliphatic carbocycles. The SMILES string of the molecule is O=C(O)CNC(=O)CCN1C(=O)/C(=C/c2cccc(Br)c2)SC1=S. The van der Waals surface area contributed by atoms with E-state index in [1.807, 2.05) is 24.3 Å². The molecular formula is C15H13BrN2O4S2. The highest BCUT2D eigenvalue weighted by Gasteiger charge is 2.32. The van der Waals surface area contributed by atoms with Crippen LogP contribution in [0.5, 0.6) is 0 Å². The van der Waals surface area contributed by atoms with Crippen LogP contribution in [0.25, 0.3) is 6.08 Å². The molecule has 24 heavy (non-hydrogen) atoms. The van der Waals surface area contributed by atoms with Gasteiger partial charge in [-0.3, -0.25) is 19.3 Å². The van der Waals surface area contributed by atoms with Crippen LogP contribution in [-0.4, -0.2) is 45.2 Å². The predicted octanol–water partition coefficient (Wildman–Crippen LogP) is 2.24. The quantitative estimate of drug-likeness (QED) is 0.533. The number of benzene rings is 1. The van der Waals surface area contributed by atoms with Crippen LogP contribution >= 0.6 is 39.9 Å². The summed E-state index contributed by atoms with van der Waals surface area (Å²) in [6.07, 6.45) is 1.73. The molecule has 1 aliphatic rings. The average molecular weight is 429 g/mol. The summed E-state index contributed by atoms with van der Waals surface area (Å²) < 4.78 is 1.29. The van der Waals surface area contributed by atoms with Gasteiger partial charge in [-0.05, 0) is 23.8 Å². The van der Waals surface area contributed by atoms with Crippen molar-refractivity contribution in [2.24, 2.45) is 0 Å². The molecule has 0 spiro atoms. The van der Waals surface area contributed by atoms with Gasteiger partial charge in [0.25, 0.3) is 5.91 Å². The smallest absolute Gasteiger partial charge is 0.322 e. The Morgan fingerprint density at radius 1 is 1.42 bits per heavy atom. The normalized spacial score (nSPS) is 15.9. The molecule has 9 heteroatoms. The molecule has 1 aromatic rings. The van der Waals surface area contributed by atoms with Gasteiger partial charge in [0, 0.05) is 17.4 Å². The van der Waals surface area contributed by atoms with Crippen molar-refractivity contribution in [3.05, 3.63) is 39.2 Å². The van der Waals surface area contributed by atoms with Crippen molar-refractivity contribution in [3.63, 3.8) is 0 Å². The van der Waals surface area contributed by atoms with Crippen LogP contribution in [0.1, 0.15) is 12.0 Å². The number of nitrogens with one attached hydrogen (secondary N) is 1. The first kappa shape index (κ1) is 18.6. The van der Waals surface area contributed by atoms with Crippen LogP contribution in [0, 0.1) is 0 Å². The number of aliphatic carboxylic acids is 1. The third-order valence-electron chi connectivity index (χ3n) is 3.02. The molecule has 0 unspecified atom stereocenters. The molecule has 0 bridgehead atoms. The summed E-state index contributed by atoms with van der Waals surface area (Å²) in [4.78, 5) is 36.2. The fourth-order valence-corrected chi connectivity index (χ4v) is 3.64. The van der Waals surface area contributed by atoms with Crippen molar-refractivity contribution in [2.75, 3.05) is 13.1 Å². The maximum Gasteiger partial charge on any atom is 0.322 e. The molecule has 0 saturated carbocycles. The molecule has 6 nitrogen and oxygen atoms in total. The number of carbonyl (C=O) groups is 3. The first-order valence-electron chi connectivity index (χ1n) is 6.86. The monoisotopic (exact) mass is 428 g/mol.